The van der Waals surface area contributed by atoms with Crippen molar-refractivity contribution in [2.75, 3.05) is 0 Å². The Bertz CT molecular complexity index is 447. The standard InChI is InChI=1S/2C8H12S/c2*1-5-6(2)8(4)9-7(5)3/h2*1-4H3. The Labute approximate surface area is 120 Å². The van der Waals surface area contributed by atoms with Gasteiger partial charge in [-0.1, -0.05) is 0 Å². The minimum Gasteiger partial charge on any atom is -0.145 e. The van der Waals surface area contributed by atoms with E-state index in [0.717, 1.165) is 0 Å². The average Bonchev–Trinajstić information content (AvgIpc) is 2.66. The molecule has 100 valence electrons. The quantitative estimate of drug-likeness (QED) is 0.558. The number of hydrogen-bond acceptors (Lipinski definition) is 2. The van der Waals surface area contributed by atoms with Gasteiger partial charge in [0.25, 0.3) is 0 Å². The number of aryl methyl sites for hydroxylation is 4. The van der Waals surface area contributed by atoms with E-state index in [1.54, 1.807) is 0 Å². The van der Waals surface area contributed by atoms with Crippen LogP contribution in [0.15, 0.2) is 0 Å². The molecule has 0 aliphatic rings. The van der Waals surface area contributed by atoms with Crippen LogP contribution in [0.1, 0.15) is 41.8 Å². The molecule has 0 aliphatic carbocycles. The first-order valence-corrected chi connectivity index (χ1v) is 7.95. The Morgan fingerprint density at radius 1 is 0.389 bits per heavy atom. The van der Waals surface area contributed by atoms with Crippen LogP contribution in [0.5, 0.6) is 0 Å². The van der Waals surface area contributed by atoms with E-state index in [1.165, 1.54) is 41.8 Å². The van der Waals surface area contributed by atoms with Crippen LogP contribution in [0.3, 0.4) is 0 Å². The van der Waals surface area contributed by atoms with Crippen molar-refractivity contribution in [1.29, 1.82) is 0 Å². The number of thiophene rings is 2. The highest BCUT2D eigenvalue weighted by molar-refractivity contribution is 7.12. The van der Waals surface area contributed by atoms with Crippen molar-refractivity contribution in [3.63, 3.8) is 0 Å². The SMILES string of the molecule is Cc1sc(C)c(C)c1C.Cc1sc(C)c(C)c1C. The molecule has 2 aromatic heterocycles. The lowest BCUT2D eigenvalue weighted by Crippen LogP contribution is -1.73. The second kappa shape index (κ2) is 6.03. The zero-order valence-electron chi connectivity index (χ0n) is 12.8. The van der Waals surface area contributed by atoms with E-state index in [2.05, 4.69) is 55.4 Å². The summed E-state index contributed by atoms with van der Waals surface area (Å²) in [6.45, 7) is 17.5. The zero-order valence-corrected chi connectivity index (χ0v) is 14.4. The molecule has 0 saturated carbocycles. The second-order valence-corrected chi connectivity index (χ2v) is 7.79. The highest BCUT2D eigenvalue weighted by atomic mass is 32.1. The summed E-state index contributed by atoms with van der Waals surface area (Å²) in [5.74, 6) is 0. The maximum Gasteiger partial charge on any atom is 0.00489 e. The summed E-state index contributed by atoms with van der Waals surface area (Å²) in [4.78, 5) is 5.85. The molecule has 18 heavy (non-hydrogen) atoms. The van der Waals surface area contributed by atoms with Gasteiger partial charge in [0.15, 0.2) is 0 Å². The molecule has 0 spiro atoms. The molecule has 0 aromatic carbocycles. The molecule has 0 N–H and O–H groups in total. The predicted molar refractivity (Wildman–Crippen MR) is 86.5 cm³/mol. The van der Waals surface area contributed by atoms with Crippen LogP contribution >= 0.6 is 22.7 Å². The van der Waals surface area contributed by atoms with Crippen molar-refractivity contribution in [3.05, 3.63) is 41.8 Å². The number of hydrogen-bond donors (Lipinski definition) is 0. The molecule has 0 unspecified atom stereocenters. The minimum absolute atomic E-state index is 1.46. The van der Waals surface area contributed by atoms with Gasteiger partial charge in [0.1, 0.15) is 0 Å². The van der Waals surface area contributed by atoms with Crippen molar-refractivity contribution < 1.29 is 0 Å². The first kappa shape index (κ1) is 15.5. The molecule has 0 atom stereocenters. The van der Waals surface area contributed by atoms with Crippen LogP contribution in [0.2, 0.25) is 0 Å². The summed E-state index contributed by atoms with van der Waals surface area (Å²) in [6, 6.07) is 0. The minimum atomic E-state index is 1.46. The lowest BCUT2D eigenvalue weighted by molar-refractivity contribution is 1.32. The number of rotatable bonds is 0. The highest BCUT2D eigenvalue weighted by Gasteiger charge is 2.02. The summed E-state index contributed by atoms with van der Waals surface area (Å²) in [5, 5.41) is 0. The van der Waals surface area contributed by atoms with Crippen molar-refractivity contribution in [1.82, 2.24) is 0 Å². The van der Waals surface area contributed by atoms with Crippen molar-refractivity contribution in [2.45, 2.75) is 55.4 Å². The molecule has 0 saturated heterocycles. The Balaban J connectivity index is 0.000000180. The van der Waals surface area contributed by atoms with Gasteiger partial charge in [-0.2, -0.15) is 0 Å². The van der Waals surface area contributed by atoms with Crippen LogP contribution in [0.4, 0.5) is 0 Å². The molecule has 0 bridgehead atoms. The van der Waals surface area contributed by atoms with Gasteiger partial charge in [-0.15, -0.1) is 22.7 Å². The van der Waals surface area contributed by atoms with Crippen molar-refractivity contribution in [2.24, 2.45) is 0 Å². The maximum atomic E-state index is 2.19. The van der Waals surface area contributed by atoms with Gasteiger partial charge in [-0.05, 0) is 77.6 Å². The molecule has 2 rings (SSSR count). The lowest BCUT2D eigenvalue weighted by atomic mass is 10.2. The van der Waals surface area contributed by atoms with E-state index in [1.807, 2.05) is 22.7 Å². The van der Waals surface area contributed by atoms with Gasteiger partial charge in [-0.3, -0.25) is 0 Å². The average molecular weight is 281 g/mol. The Morgan fingerprint density at radius 3 is 0.611 bits per heavy atom. The van der Waals surface area contributed by atoms with E-state index in [0.29, 0.717) is 0 Å². The highest BCUT2D eigenvalue weighted by Crippen LogP contribution is 2.25. The molecule has 0 aliphatic heterocycles. The third-order valence-corrected chi connectivity index (χ3v) is 6.30. The fourth-order valence-corrected chi connectivity index (χ4v) is 3.96. The van der Waals surface area contributed by atoms with Gasteiger partial charge in [0.2, 0.25) is 0 Å². The van der Waals surface area contributed by atoms with Crippen LogP contribution in [0.25, 0.3) is 0 Å². The summed E-state index contributed by atoms with van der Waals surface area (Å²) in [5.41, 5.74) is 5.88. The Hall–Kier alpha value is -0.600. The third kappa shape index (κ3) is 3.24. The summed E-state index contributed by atoms with van der Waals surface area (Å²) in [6.07, 6.45) is 0. The van der Waals surface area contributed by atoms with E-state index < -0.39 is 0 Å². The van der Waals surface area contributed by atoms with Crippen molar-refractivity contribution in [3.8, 4) is 0 Å². The third-order valence-electron chi connectivity index (χ3n) is 3.85. The first-order valence-electron chi connectivity index (χ1n) is 6.32. The van der Waals surface area contributed by atoms with Crippen LogP contribution in [-0.2, 0) is 0 Å². The van der Waals surface area contributed by atoms with Crippen LogP contribution in [-0.4, -0.2) is 0 Å². The molecular formula is C16H24S2. The van der Waals surface area contributed by atoms with Crippen LogP contribution < -0.4 is 0 Å². The Morgan fingerprint density at radius 2 is 0.556 bits per heavy atom. The largest absolute Gasteiger partial charge is 0.145 e. The van der Waals surface area contributed by atoms with Crippen LogP contribution in [0, 0.1) is 55.4 Å². The lowest BCUT2D eigenvalue weighted by Gasteiger charge is -1.88. The molecule has 0 amide bonds. The van der Waals surface area contributed by atoms with Gasteiger partial charge in [0.05, 0.1) is 0 Å². The monoisotopic (exact) mass is 280 g/mol. The van der Waals surface area contributed by atoms with Gasteiger partial charge in [-0.25, -0.2) is 0 Å². The van der Waals surface area contributed by atoms with Gasteiger partial charge < -0.3 is 0 Å². The van der Waals surface area contributed by atoms with Crippen molar-refractivity contribution >= 4 is 22.7 Å². The van der Waals surface area contributed by atoms with E-state index in [9.17, 15) is 0 Å². The molecule has 0 fully saturated rings. The van der Waals surface area contributed by atoms with E-state index >= 15 is 0 Å². The van der Waals surface area contributed by atoms with E-state index in [-0.39, 0.29) is 0 Å². The topological polar surface area (TPSA) is 0 Å². The van der Waals surface area contributed by atoms with E-state index in [4.69, 9.17) is 0 Å². The molecule has 2 aromatic rings. The molecule has 0 radical (unpaired) electrons. The summed E-state index contributed by atoms with van der Waals surface area (Å²) >= 11 is 3.79. The predicted octanol–water partition coefficient (Wildman–Crippen LogP) is 5.96. The summed E-state index contributed by atoms with van der Waals surface area (Å²) in [7, 11) is 0. The smallest absolute Gasteiger partial charge is 0.00489 e. The fraction of sp³-hybridized carbons (Fsp3) is 0.500. The second-order valence-electron chi connectivity index (χ2n) is 4.93. The summed E-state index contributed by atoms with van der Waals surface area (Å²) < 4.78 is 0. The first-order chi connectivity index (χ1) is 8.25. The Kier molecular flexibility index (Phi) is 5.18. The zero-order chi connectivity index (χ0) is 14.0. The van der Waals surface area contributed by atoms with Gasteiger partial charge in [0, 0.05) is 19.5 Å². The van der Waals surface area contributed by atoms with Gasteiger partial charge >= 0.3 is 0 Å². The molecule has 2 heterocycles. The molecule has 2 heteroatoms. The molecular weight excluding hydrogens is 256 g/mol. The fourth-order valence-electron chi connectivity index (χ4n) is 1.82. The maximum absolute atomic E-state index is 2.19. The molecule has 0 nitrogen and oxygen atoms in total. The normalized spacial score (nSPS) is 10.2.